The third kappa shape index (κ3) is 3.27. The minimum atomic E-state index is -1.43. The van der Waals surface area contributed by atoms with Crippen molar-refractivity contribution >= 4 is 23.6 Å². The number of benzene rings is 1. The maximum atomic E-state index is 12.0. The highest BCUT2D eigenvalue weighted by Crippen LogP contribution is 2.39. The number of hydrogen-bond donors (Lipinski definition) is 3. The van der Waals surface area contributed by atoms with Crippen molar-refractivity contribution in [2.45, 2.75) is 23.3 Å². The number of aliphatic carboxylic acids is 1. The molecule has 1 aromatic carbocycles. The number of carboxylic acids is 1. The molecule has 1 aromatic rings. The molecule has 0 aromatic heterocycles. The predicted molar refractivity (Wildman–Crippen MR) is 71.2 cm³/mol. The molecule has 0 spiro atoms. The van der Waals surface area contributed by atoms with E-state index in [0.717, 1.165) is 10.5 Å². The summed E-state index contributed by atoms with van der Waals surface area (Å²) in [4.78, 5) is 23.6. The van der Waals surface area contributed by atoms with Crippen LogP contribution < -0.4 is 5.32 Å². The van der Waals surface area contributed by atoms with Crippen LogP contribution in [0.4, 0.5) is 0 Å². The van der Waals surface area contributed by atoms with E-state index in [2.05, 4.69) is 5.32 Å². The molecule has 1 aliphatic rings. The topological polar surface area (TPSA) is 86.6 Å². The number of nitrogens with one attached hydrogen (secondary N) is 1. The zero-order chi connectivity index (χ0) is 13.8. The Morgan fingerprint density at radius 2 is 2.16 bits per heavy atom. The van der Waals surface area contributed by atoms with E-state index >= 15 is 0 Å². The average molecular weight is 281 g/mol. The Bertz CT molecular complexity index is 491. The number of amides is 1. The van der Waals surface area contributed by atoms with Crippen LogP contribution in [-0.4, -0.2) is 40.5 Å². The summed E-state index contributed by atoms with van der Waals surface area (Å²) in [5.74, 6) is -0.874. The molecule has 6 heteroatoms. The molecular formula is C13H15NO4S. The Labute approximate surface area is 115 Å². The first-order valence-corrected chi connectivity index (χ1v) is 6.98. The van der Waals surface area contributed by atoms with Gasteiger partial charge >= 0.3 is 5.97 Å². The van der Waals surface area contributed by atoms with Gasteiger partial charge in [0.15, 0.2) is 6.10 Å². The molecule has 1 aliphatic heterocycles. The maximum Gasteiger partial charge on any atom is 0.332 e. The van der Waals surface area contributed by atoms with Crippen molar-refractivity contribution in [3.63, 3.8) is 0 Å². The number of aliphatic hydroxyl groups is 1. The number of carbonyl (C=O) groups is 2. The number of hydrogen-bond acceptors (Lipinski definition) is 4. The smallest absolute Gasteiger partial charge is 0.332 e. The van der Waals surface area contributed by atoms with Gasteiger partial charge in [-0.15, -0.1) is 11.8 Å². The van der Waals surface area contributed by atoms with Gasteiger partial charge in [-0.25, -0.2) is 4.79 Å². The van der Waals surface area contributed by atoms with Crippen LogP contribution in [0.15, 0.2) is 29.2 Å². The molecule has 3 N–H and O–H groups in total. The summed E-state index contributed by atoms with van der Waals surface area (Å²) in [5, 5.41) is 20.3. The molecule has 0 radical (unpaired) electrons. The quantitative estimate of drug-likeness (QED) is 0.744. The van der Waals surface area contributed by atoms with E-state index in [9.17, 15) is 9.59 Å². The number of carboxylic acid groups (broad SMARTS) is 1. The molecule has 1 heterocycles. The highest BCUT2D eigenvalue weighted by molar-refractivity contribution is 7.99. The van der Waals surface area contributed by atoms with Crippen LogP contribution in [-0.2, 0) is 9.59 Å². The van der Waals surface area contributed by atoms with Crippen LogP contribution in [0.2, 0.25) is 0 Å². The third-order valence-corrected chi connectivity index (χ3v) is 4.20. The number of carbonyl (C=O) groups excluding carboxylic acids is 1. The molecule has 0 saturated carbocycles. The van der Waals surface area contributed by atoms with Gasteiger partial charge in [0, 0.05) is 23.6 Å². The SMILES string of the molecule is O=C(O)C(O)CCNC(=O)C1CSc2ccccc21. The summed E-state index contributed by atoms with van der Waals surface area (Å²) >= 11 is 1.64. The van der Waals surface area contributed by atoms with Crippen LogP contribution >= 0.6 is 11.8 Å². The van der Waals surface area contributed by atoms with Crippen molar-refractivity contribution in [3.8, 4) is 0 Å². The van der Waals surface area contributed by atoms with Crippen molar-refractivity contribution in [2.75, 3.05) is 12.3 Å². The van der Waals surface area contributed by atoms with Gasteiger partial charge in [-0.1, -0.05) is 18.2 Å². The van der Waals surface area contributed by atoms with Crippen molar-refractivity contribution in [2.24, 2.45) is 0 Å². The number of rotatable bonds is 5. The number of fused-ring (bicyclic) bond motifs is 1. The Morgan fingerprint density at radius 1 is 1.42 bits per heavy atom. The van der Waals surface area contributed by atoms with Gasteiger partial charge in [0.05, 0.1) is 5.92 Å². The fourth-order valence-corrected chi connectivity index (χ4v) is 3.19. The van der Waals surface area contributed by atoms with Gasteiger partial charge in [-0.3, -0.25) is 4.79 Å². The summed E-state index contributed by atoms with van der Waals surface area (Å²) in [5.41, 5.74) is 1.02. The van der Waals surface area contributed by atoms with Crippen LogP contribution in [0, 0.1) is 0 Å². The number of aliphatic hydroxyl groups excluding tert-OH is 1. The Balaban J connectivity index is 1.87. The first-order valence-electron chi connectivity index (χ1n) is 6.00. The van der Waals surface area contributed by atoms with Crippen LogP contribution in [0.5, 0.6) is 0 Å². The van der Waals surface area contributed by atoms with Crippen LogP contribution in [0.1, 0.15) is 17.9 Å². The van der Waals surface area contributed by atoms with E-state index in [1.807, 2.05) is 24.3 Å². The van der Waals surface area contributed by atoms with Gasteiger partial charge in [0.25, 0.3) is 0 Å². The highest BCUT2D eigenvalue weighted by atomic mass is 32.2. The van der Waals surface area contributed by atoms with E-state index in [1.54, 1.807) is 11.8 Å². The van der Waals surface area contributed by atoms with Crippen molar-refractivity contribution < 1.29 is 19.8 Å². The third-order valence-electron chi connectivity index (χ3n) is 3.02. The second-order valence-corrected chi connectivity index (χ2v) is 5.40. The molecule has 0 saturated heterocycles. The Hall–Kier alpha value is -1.53. The summed E-state index contributed by atoms with van der Waals surface area (Å²) in [6, 6.07) is 7.77. The van der Waals surface area contributed by atoms with E-state index in [1.165, 1.54) is 0 Å². The Morgan fingerprint density at radius 3 is 2.89 bits per heavy atom. The Kier molecular flexibility index (Phi) is 4.44. The maximum absolute atomic E-state index is 12.0. The van der Waals surface area contributed by atoms with Gasteiger partial charge in [-0.05, 0) is 11.6 Å². The molecule has 2 rings (SSSR count). The summed E-state index contributed by atoms with van der Waals surface area (Å²) in [6.45, 7) is 0.162. The van der Waals surface area contributed by atoms with Crippen LogP contribution in [0.3, 0.4) is 0 Å². The van der Waals surface area contributed by atoms with Gasteiger partial charge in [0.1, 0.15) is 0 Å². The molecule has 0 fully saturated rings. The number of thioether (sulfide) groups is 1. The minimum absolute atomic E-state index is 0.0165. The fourth-order valence-electron chi connectivity index (χ4n) is 1.96. The van der Waals surface area contributed by atoms with E-state index < -0.39 is 12.1 Å². The monoisotopic (exact) mass is 281 g/mol. The lowest BCUT2D eigenvalue weighted by molar-refractivity contribution is -0.147. The lowest BCUT2D eigenvalue weighted by Crippen LogP contribution is -2.33. The van der Waals surface area contributed by atoms with E-state index in [-0.39, 0.29) is 24.8 Å². The average Bonchev–Trinajstić information content (AvgIpc) is 2.82. The first kappa shape index (κ1) is 13.9. The fraction of sp³-hybridized carbons (Fsp3) is 0.385. The molecular weight excluding hydrogens is 266 g/mol. The summed E-state index contributed by atoms with van der Waals surface area (Å²) in [6.07, 6.45) is -1.41. The molecule has 102 valence electrons. The van der Waals surface area contributed by atoms with Gasteiger partial charge < -0.3 is 15.5 Å². The standard InChI is InChI=1S/C13H15NO4S/c15-10(13(17)18)5-6-14-12(16)9-7-19-11-4-2-1-3-8(9)11/h1-4,9-10,15H,5-7H2,(H,14,16)(H,17,18). The molecule has 2 atom stereocenters. The second kappa shape index (κ2) is 6.08. The van der Waals surface area contributed by atoms with Gasteiger partial charge in [0.2, 0.25) is 5.91 Å². The summed E-state index contributed by atoms with van der Waals surface area (Å²) < 4.78 is 0. The largest absolute Gasteiger partial charge is 0.479 e. The van der Waals surface area contributed by atoms with E-state index in [4.69, 9.17) is 10.2 Å². The molecule has 0 aliphatic carbocycles. The molecule has 0 bridgehead atoms. The molecule has 1 amide bonds. The van der Waals surface area contributed by atoms with Gasteiger partial charge in [-0.2, -0.15) is 0 Å². The lowest BCUT2D eigenvalue weighted by Gasteiger charge is -2.12. The zero-order valence-electron chi connectivity index (χ0n) is 10.2. The van der Waals surface area contributed by atoms with Crippen molar-refractivity contribution in [3.05, 3.63) is 29.8 Å². The lowest BCUT2D eigenvalue weighted by atomic mass is 10.0. The molecule has 5 nitrogen and oxygen atoms in total. The van der Waals surface area contributed by atoms with Crippen LogP contribution in [0.25, 0.3) is 0 Å². The first-order chi connectivity index (χ1) is 9.09. The van der Waals surface area contributed by atoms with Crippen molar-refractivity contribution in [1.29, 1.82) is 0 Å². The molecule has 2 unspecified atom stereocenters. The predicted octanol–water partition coefficient (Wildman–Crippen LogP) is 0.828. The normalized spacial score (nSPS) is 18.7. The zero-order valence-corrected chi connectivity index (χ0v) is 11.0. The van der Waals surface area contributed by atoms with E-state index in [0.29, 0.717) is 5.75 Å². The highest BCUT2D eigenvalue weighted by Gasteiger charge is 2.28. The second-order valence-electron chi connectivity index (χ2n) is 4.34. The molecule has 19 heavy (non-hydrogen) atoms. The minimum Gasteiger partial charge on any atom is -0.479 e. The van der Waals surface area contributed by atoms with Crippen molar-refractivity contribution in [1.82, 2.24) is 5.32 Å². The summed E-state index contributed by atoms with van der Waals surface area (Å²) in [7, 11) is 0.